The Morgan fingerprint density at radius 2 is 1.11 bits per heavy atom. The van der Waals surface area contributed by atoms with Crippen molar-refractivity contribution in [2.24, 2.45) is 0 Å². The fraction of sp³-hybridized carbons (Fsp3) is 0.833. The van der Waals surface area contributed by atoms with E-state index >= 15 is 0 Å². The minimum absolute atomic E-state index is 0.478. The third kappa shape index (κ3) is 15.6. The van der Waals surface area contributed by atoms with Crippen molar-refractivity contribution in [3.05, 3.63) is 0 Å². The molecule has 0 saturated carbocycles. The highest BCUT2D eigenvalue weighted by Gasteiger charge is 1.93. The Kier molecular flexibility index (Phi) is 16.2. The molecule has 0 heterocycles. The first-order chi connectivity index (χ1) is 8.91. The number of nitrogens with zero attached hydrogens (tertiary/aromatic N) is 2. The van der Waals surface area contributed by atoms with Gasteiger partial charge in [0.2, 0.25) is 0 Å². The lowest BCUT2D eigenvalue weighted by atomic mass is 10.5. The van der Waals surface area contributed by atoms with E-state index < -0.39 is 0 Å². The second-order valence-electron chi connectivity index (χ2n) is 3.27. The maximum absolute atomic E-state index is 8.29. The van der Waals surface area contributed by atoms with E-state index in [1.54, 1.807) is 0 Å². The predicted octanol–water partition coefficient (Wildman–Crippen LogP) is 2.31. The van der Waals surface area contributed by atoms with Gasteiger partial charge in [0, 0.05) is 23.0 Å². The van der Waals surface area contributed by atoms with E-state index in [2.05, 4.69) is 0 Å². The minimum Gasteiger partial charge on any atom is -0.380 e. The molecule has 18 heavy (non-hydrogen) atoms. The highest BCUT2D eigenvalue weighted by atomic mass is 32.2. The molecule has 0 atom stereocenters. The van der Waals surface area contributed by atoms with Gasteiger partial charge in [-0.05, 0) is 0 Å². The number of thioether (sulfide) groups is 2. The number of hydrogen-bond donors (Lipinski definition) is 0. The van der Waals surface area contributed by atoms with Gasteiger partial charge in [-0.1, -0.05) is 0 Å². The maximum atomic E-state index is 8.29. The van der Waals surface area contributed by atoms with E-state index in [0.29, 0.717) is 26.1 Å². The molecule has 0 fully saturated rings. The largest absolute Gasteiger partial charge is 0.380 e. The van der Waals surface area contributed by atoms with Gasteiger partial charge in [-0.3, -0.25) is 0 Å². The molecular formula is C12H20N2O2S2. The monoisotopic (exact) mass is 288 g/mol. The molecule has 0 radical (unpaired) electrons. The normalized spacial score (nSPS) is 9.89. The lowest BCUT2D eigenvalue weighted by Gasteiger charge is -2.03. The Labute approximate surface area is 118 Å². The molecule has 6 heteroatoms. The fourth-order valence-corrected chi connectivity index (χ4v) is 2.82. The molecule has 0 amide bonds. The summed E-state index contributed by atoms with van der Waals surface area (Å²) in [7, 11) is 0. The van der Waals surface area contributed by atoms with Crippen molar-refractivity contribution in [3.63, 3.8) is 0 Å². The summed E-state index contributed by atoms with van der Waals surface area (Å²) in [4.78, 5) is 0. The second-order valence-corrected chi connectivity index (χ2v) is 5.72. The molecule has 0 aromatic heterocycles. The summed E-state index contributed by atoms with van der Waals surface area (Å²) in [5, 5.41) is 16.6. The van der Waals surface area contributed by atoms with Crippen LogP contribution in [-0.2, 0) is 9.47 Å². The highest BCUT2D eigenvalue weighted by molar-refractivity contribution is 8.02. The van der Waals surface area contributed by atoms with Crippen LogP contribution in [0.15, 0.2) is 0 Å². The number of nitriles is 2. The zero-order chi connectivity index (χ0) is 13.3. The quantitative estimate of drug-likeness (QED) is 0.485. The molecule has 102 valence electrons. The summed E-state index contributed by atoms with van der Waals surface area (Å²) in [6, 6.07) is 4.09. The van der Waals surface area contributed by atoms with Gasteiger partial charge in [-0.25, -0.2) is 0 Å². The molecule has 0 rings (SSSR count). The first-order valence-electron chi connectivity index (χ1n) is 5.96. The fourth-order valence-electron chi connectivity index (χ4n) is 0.997. The van der Waals surface area contributed by atoms with E-state index in [0.717, 1.165) is 36.2 Å². The van der Waals surface area contributed by atoms with Gasteiger partial charge in [-0.15, -0.1) is 0 Å². The summed E-state index contributed by atoms with van der Waals surface area (Å²) < 4.78 is 10.5. The molecule has 0 aromatic carbocycles. The Morgan fingerprint density at radius 3 is 1.50 bits per heavy atom. The number of ether oxygens (including phenoxy) is 2. The third-order valence-corrected chi connectivity index (χ3v) is 3.99. The van der Waals surface area contributed by atoms with E-state index in [1.165, 1.54) is 0 Å². The smallest absolute Gasteiger partial charge is 0.0645 e. The number of hydrogen-bond acceptors (Lipinski definition) is 6. The molecular weight excluding hydrogens is 268 g/mol. The van der Waals surface area contributed by atoms with Crippen LogP contribution in [-0.4, -0.2) is 49.4 Å². The molecule has 0 N–H and O–H groups in total. The van der Waals surface area contributed by atoms with Crippen LogP contribution in [0, 0.1) is 22.7 Å². The van der Waals surface area contributed by atoms with Gasteiger partial charge >= 0.3 is 0 Å². The average molecular weight is 288 g/mol. The topological polar surface area (TPSA) is 66.0 Å². The van der Waals surface area contributed by atoms with Crippen molar-refractivity contribution >= 4 is 23.5 Å². The van der Waals surface area contributed by atoms with Crippen molar-refractivity contribution < 1.29 is 9.47 Å². The molecule has 0 bridgehead atoms. The Hall–Kier alpha value is -0.400. The molecule has 0 unspecified atom stereocenters. The molecule has 0 aliphatic heterocycles. The van der Waals surface area contributed by atoms with E-state index in [9.17, 15) is 0 Å². The van der Waals surface area contributed by atoms with Crippen LogP contribution < -0.4 is 0 Å². The van der Waals surface area contributed by atoms with Crippen molar-refractivity contribution in [2.45, 2.75) is 12.8 Å². The van der Waals surface area contributed by atoms with Gasteiger partial charge in [-0.2, -0.15) is 34.0 Å². The molecule has 4 nitrogen and oxygen atoms in total. The lowest BCUT2D eigenvalue weighted by molar-refractivity contribution is 0.156. The summed E-state index contributed by atoms with van der Waals surface area (Å²) >= 11 is 3.74. The standard InChI is InChI=1S/C12H20N2O2S2/c13-3-1-5-15-7-9-17-11-12-18-10-8-16-6-2-4-14/h1-2,5-12H2. The summed E-state index contributed by atoms with van der Waals surface area (Å²) in [6.07, 6.45) is 0.957. The second kappa shape index (κ2) is 16.6. The minimum atomic E-state index is 0.478. The van der Waals surface area contributed by atoms with E-state index in [4.69, 9.17) is 20.0 Å². The van der Waals surface area contributed by atoms with Crippen molar-refractivity contribution in [3.8, 4) is 12.1 Å². The van der Waals surface area contributed by atoms with Gasteiger partial charge in [0.15, 0.2) is 0 Å². The Morgan fingerprint density at radius 1 is 0.667 bits per heavy atom. The SMILES string of the molecule is N#CCCOCCSCCSCCOCCC#N. The predicted molar refractivity (Wildman–Crippen MR) is 76.7 cm³/mol. The van der Waals surface area contributed by atoms with E-state index in [1.807, 2.05) is 35.7 Å². The first kappa shape index (κ1) is 17.6. The molecule has 0 saturated heterocycles. The maximum Gasteiger partial charge on any atom is 0.0645 e. The van der Waals surface area contributed by atoms with Gasteiger partial charge in [0.25, 0.3) is 0 Å². The van der Waals surface area contributed by atoms with Crippen LogP contribution in [0.1, 0.15) is 12.8 Å². The molecule has 0 aliphatic rings. The van der Waals surface area contributed by atoms with Crippen LogP contribution in [0.25, 0.3) is 0 Å². The number of rotatable bonds is 13. The van der Waals surface area contributed by atoms with Gasteiger partial charge in [0.05, 0.1) is 51.4 Å². The lowest BCUT2D eigenvalue weighted by Crippen LogP contribution is -2.01. The molecule has 0 aliphatic carbocycles. The van der Waals surface area contributed by atoms with Gasteiger partial charge in [0.1, 0.15) is 0 Å². The Balaban J connectivity index is 2.91. The molecule has 0 aromatic rings. The third-order valence-electron chi connectivity index (χ3n) is 1.83. The van der Waals surface area contributed by atoms with Crippen LogP contribution in [0.4, 0.5) is 0 Å². The van der Waals surface area contributed by atoms with Gasteiger partial charge < -0.3 is 9.47 Å². The van der Waals surface area contributed by atoms with Crippen molar-refractivity contribution in [2.75, 3.05) is 49.4 Å². The summed E-state index contributed by atoms with van der Waals surface area (Å²) in [6.45, 7) is 2.56. The van der Waals surface area contributed by atoms with Crippen molar-refractivity contribution in [1.82, 2.24) is 0 Å². The summed E-state index contributed by atoms with van der Waals surface area (Å²) in [5.74, 6) is 4.21. The highest BCUT2D eigenvalue weighted by Crippen LogP contribution is 2.06. The zero-order valence-corrected chi connectivity index (χ0v) is 12.2. The van der Waals surface area contributed by atoms with E-state index in [-0.39, 0.29) is 0 Å². The zero-order valence-electron chi connectivity index (χ0n) is 10.6. The molecule has 0 spiro atoms. The van der Waals surface area contributed by atoms with Crippen molar-refractivity contribution in [1.29, 1.82) is 10.5 Å². The first-order valence-corrected chi connectivity index (χ1v) is 8.27. The average Bonchev–Trinajstić information content (AvgIpc) is 2.39. The summed E-state index contributed by atoms with van der Waals surface area (Å²) in [5.41, 5.74) is 0. The van der Waals surface area contributed by atoms with Crippen LogP contribution in [0.2, 0.25) is 0 Å². The van der Waals surface area contributed by atoms with Crippen LogP contribution in [0.5, 0.6) is 0 Å². The Bertz CT molecular complexity index is 225. The van der Waals surface area contributed by atoms with Crippen LogP contribution >= 0.6 is 23.5 Å². The van der Waals surface area contributed by atoms with Crippen LogP contribution in [0.3, 0.4) is 0 Å².